The highest BCUT2D eigenvalue weighted by Gasteiger charge is 2.00. The van der Waals surface area contributed by atoms with Crippen LogP contribution < -0.4 is 5.73 Å². The molecular formula is C4H8NO4S-. The van der Waals surface area contributed by atoms with Crippen molar-refractivity contribution < 1.29 is 17.7 Å². The van der Waals surface area contributed by atoms with Crippen molar-refractivity contribution in [3.63, 3.8) is 0 Å². The molecule has 0 heterocycles. The van der Waals surface area contributed by atoms with Gasteiger partial charge in [-0.3, -0.25) is 4.79 Å². The molecule has 0 amide bonds. The molecular weight excluding hydrogens is 158 g/mol. The first-order chi connectivity index (χ1) is 4.66. The Hall–Kier alpha value is -0.460. The fraction of sp³-hybridized carbons (Fsp3) is 0.750. The Balaban J connectivity index is 3.35. The van der Waals surface area contributed by atoms with Crippen molar-refractivity contribution in [1.29, 1.82) is 0 Å². The Morgan fingerprint density at radius 3 is 2.70 bits per heavy atom. The van der Waals surface area contributed by atoms with Crippen LogP contribution in [0.5, 0.6) is 0 Å². The molecule has 1 unspecified atom stereocenters. The van der Waals surface area contributed by atoms with Gasteiger partial charge in [0.05, 0.1) is 0 Å². The van der Waals surface area contributed by atoms with E-state index in [1.54, 1.807) is 0 Å². The first-order valence-electron chi connectivity index (χ1n) is 2.67. The van der Waals surface area contributed by atoms with Crippen LogP contribution in [0, 0.1) is 0 Å². The SMILES string of the molecule is NCCCC(=O)OS(=O)[O-]. The molecule has 0 radical (unpaired) electrons. The average molecular weight is 166 g/mol. The molecule has 0 aliphatic heterocycles. The van der Waals surface area contributed by atoms with Gasteiger partial charge in [0.1, 0.15) is 11.4 Å². The summed E-state index contributed by atoms with van der Waals surface area (Å²) in [6.45, 7) is 0.348. The van der Waals surface area contributed by atoms with Gasteiger partial charge < -0.3 is 14.5 Å². The highest BCUT2D eigenvalue weighted by Crippen LogP contribution is 1.91. The first-order valence-corrected chi connectivity index (χ1v) is 3.67. The lowest BCUT2D eigenvalue weighted by atomic mass is 10.3. The maximum atomic E-state index is 10.3. The molecule has 5 nitrogen and oxygen atoms in total. The second-order valence-corrected chi connectivity index (χ2v) is 2.13. The van der Waals surface area contributed by atoms with Crippen LogP contribution >= 0.6 is 0 Å². The molecule has 6 heteroatoms. The van der Waals surface area contributed by atoms with Crippen LogP contribution in [0.15, 0.2) is 0 Å². The van der Waals surface area contributed by atoms with E-state index in [4.69, 9.17) is 5.73 Å². The van der Waals surface area contributed by atoms with Gasteiger partial charge in [-0.05, 0) is 13.0 Å². The molecule has 10 heavy (non-hydrogen) atoms. The molecule has 0 aromatic heterocycles. The third-order valence-corrected chi connectivity index (χ3v) is 1.07. The van der Waals surface area contributed by atoms with Gasteiger partial charge in [-0.15, -0.1) is 0 Å². The van der Waals surface area contributed by atoms with Crippen molar-refractivity contribution in [3.8, 4) is 0 Å². The summed E-state index contributed by atoms with van der Waals surface area (Å²) in [6.07, 6.45) is 0.487. The number of rotatable bonds is 4. The Kier molecular flexibility index (Phi) is 5.09. The lowest BCUT2D eigenvalue weighted by Gasteiger charge is -2.03. The summed E-state index contributed by atoms with van der Waals surface area (Å²) in [5.74, 6) is -0.765. The first kappa shape index (κ1) is 9.54. The van der Waals surface area contributed by atoms with Gasteiger partial charge in [-0.25, -0.2) is 4.21 Å². The molecule has 0 aliphatic rings. The van der Waals surface area contributed by atoms with Crippen LogP contribution in [0.2, 0.25) is 0 Å². The zero-order valence-corrected chi connectivity index (χ0v) is 6.06. The number of carbonyl (C=O) groups is 1. The summed E-state index contributed by atoms with van der Waals surface area (Å²) in [7, 11) is 0. The summed E-state index contributed by atoms with van der Waals surface area (Å²) in [5.41, 5.74) is 5.05. The highest BCUT2D eigenvalue weighted by atomic mass is 32.2. The molecule has 1 atom stereocenters. The summed E-state index contributed by atoms with van der Waals surface area (Å²) >= 11 is -2.74. The number of hydrogen-bond acceptors (Lipinski definition) is 5. The second-order valence-electron chi connectivity index (χ2n) is 1.55. The second kappa shape index (κ2) is 5.33. The van der Waals surface area contributed by atoms with Crippen molar-refractivity contribution >= 4 is 17.3 Å². The van der Waals surface area contributed by atoms with Crippen LogP contribution in [0.1, 0.15) is 12.8 Å². The fourth-order valence-electron chi connectivity index (χ4n) is 0.364. The summed E-state index contributed by atoms with van der Waals surface area (Å²) in [4.78, 5) is 10.3. The average Bonchev–Trinajstić information content (AvgIpc) is 1.82. The van der Waals surface area contributed by atoms with Gasteiger partial charge >= 0.3 is 5.97 Å². The van der Waals surface area contributed by atoms with E-state index >= 15 is 0 Å². The Morgan fingerprint density at radius 1 is 1.70 bits per heavy atom. The molecule has 0 spiro atoms. The van der Waals surface area contributed by atoms with E-state index in [0.717, 1.165) is 0 Å². The number of nitrogens with two attached hydrogens (primary N) is 1. The summed E-state index contributed by atoms with van der Waals surface area (Å²) in [6, 6.07) is 0. The standard InChI is InChI=1S/C4H9NO4S/c5-3-1-2-4(6)9-10(7)8/h1-3,5H2,(H,7,8)/p-1. The van der Waals surface area contributed by atoms with Crippen molar-refractivity contribution in [2.45, 2.75) is 12.8 Å². The van der Waals surface area contributed by atoms with Crippen molar-refractivity contribution in [3.05, 3.63) is 0 Å². The van der Waals surface area contributed by atoms with Crippen LogP contribution in [0.3, 0.4) is 0 Å². The van der Waals surface area contributed by atoms with Gasteiger partial charge in [0.25, 0.3) is 0 Å². The molecule has 0 rings (SSSR count). The predicted octanol–water partition coefficient (Wildman–Crippen LogP) is -0.937. The molecule has 0 saturated carbocycles. The molecule has 60 valence electrons. The zero-order chi connectivity index (χ0) is 7.98. The van der Waals surface area contributed by atoms with E-state index in [2.05, 4.69) is 4.18 Å². The van der Waals surface area contributed by atoms with Gasteiger partial charge in [0, 0.05) is 6.42 Å². The minimum Gasteiger partial charge on any atom is -0.740 e. The molecule has 0 bridgehead atoms. The van der Waals surface area contributed by atoms with E-state index in [0.29, 0.717) is 13.0 Å². The van der Waals surface area contributed by atoms with Gasteiger partial charge in [-0.2, -0.15) is 0 Å². The Labute approximate surface area is 61.0 Å². The fourth-order valence-corrected chi connectivity index (χ4v) is 0.599. The third kappa shape index (κ3) is 5.67. The minimum absolute atomic E-state index is 0.0461. The van der Waals surface area contributed by atoms with Crippen LogP contribution in [0.25, 0.3) is 0 Å². The summed E-state index contributed by atoms with van der Waals surface area (Å²) < 4.78 is 23.2. The maximum Gasteiger partial charge on any atom is 0.319 e. The minimum atomic E-state index is -2.74. The van der Waals surface area contributed by atoms with Crippen molar-refractivity contribution in [2.24, 2.45) is 5.73 Å². The predicted molar refractivity (Wildman–Crippen MR) is 33.3 cm³/mol. The van der Waals surface area contributed by atoms with Crippen molar-refractivity contribution in [1.82, 2.24) is 0 Å². The van der Waals surface area contributed by atoms with Crippen LogP contribution in [0.4, 0.5) is 0 Å². The lowest BCUT2D eigenvalue weighted by molar-refractivity contribution is -0.134. The monoisotopic (exact) mass is 166 g/mol. The van der Waals surface area contributed by atoms with Crippen LogP contribution in [-0.2, 0) is 20.3 Å². The zero-order valence-electron chi connectivity index (χ0n) is 5.24. The van der Waals surface area contributed by atoms with Gasteiger partial charge in [0.15, 0.2) is 0 Å². The molecule has 0 aliphatic carbocycles. The molecule has 0 fully saturated rings. The lowest BCUT2D eigenvalue weighted by Crippen LogP contribution is -2.09. The molecule has 0 saturated heterocycles. The van der Waals surface area contributed by atoms with E-state index < -0.39 is 17.3 Å². The van der Waals surface area contributed by atoms with Crippen LogP contribution in [-0.4, -0.2) is 21.3 Å². The largest absolute Gasteiger partial charge is 0.740 e. The van der Waals surface area contributed by atoms with Gasteiger partial charge in [0.2, 0.25) is 0 Å². The smallest absolute Gasteiger partial charge is 0.319 e. The number of hydrogen-bond donors (Lipinski definition) is 1. The Bertz CT molecular complexity index is 137. The molecule has 2 N–H and O–H groups in total. The van der Waals surface area contributed by atoms with E-state index in [9.17, 15) is 13.6 Å². The van der Waals surface area contributed by atoms with E-state index in [1.165, 1.54) is 0 Å². The topological polar surface area (TPSA) is 92.5 Å². The quantitative estimate of drug-likeness (QED) is 0.544. The Morgan fingerprint density at radius 2 is 2.30 bits per heavy atom. The molecule has 0 aromatic carbocycles. The summed E-state index contributed by atoms with van der Waals surface area (Å²) in [5, 5.41) is 0. The highest BCUT2D eigenvalue weighted by molar-refractivity contribution is 7.74. The molecule has 0 aromatic rings. The van der Waals surface area contributed by atoms with Gasteiger partial charge in [-0.1, -0.05) is 0 Å². The van der Waals surface area contributed by atoms with Crippen molar-refractivity contribution in [2.75, 3.05) is 6.54 Å². The van der Waals surface area contributed by atoms with E-state index in [-0.39, 0.29) is 6.42 Å². The normalized spacial score (nSPS) is 12.6. The third-order valence-electron chi connectivity index (χ3n) is 0.746. The maximum absolute atomic E-state index is 10.3. The van der Waals surface area contributed by atoms with E-state index in [1.807, 2.05) is 0 Å². The number of carbonyl (C=O) groups excluding carboxylic acids is 1.